The lowest BCUT2D eigenvalue weighted by atomic mass is 10.4. The van der Waals surface area contributed by atoms with Crippen molar-refractivity contribution >= 4 is 5.82 Å². The molecule has 0 aliphatic rings. The number of anilines is 1. The lowest BCUT2D eigenvalue weighted by Gasteiger charge is -2.06. The van der Waals surface area contributed by atoms with Crippen molar-refractivity contribution in [1.82, 2.24) is 15.0 Å². The summed E-state index contributed by atoms with van der Waals surface area (Å²) in [5.41, 5.74) is 5.36. The third-order valence-electron chi connectivity index (χ3n) is 1.38. The van der Waals surface area contributed by atoms with Crippen LogP contribution in [0.25, 0.3) is 0 Å². The Kier molecular flexibility index (Phi) is 2.43. The van der Waals surface area contributed by atoms with Gasteiger partial charge in [0.1, 0.15) is 0 Å². The van der Waals surface area contributed by atoms with Gasteiger partial charge in [-0.1, -0.05) is 0 Å². The Morgan fingerprint density at radius 1 is 1.82 bits per heavy atom. The first-order valence-corrected chi connectivity index (χ1v) is 3.40. The standard InChI is InChI=1S/C6H12N4O/c1-5(11-2)4-10-8-3-6(7)9-10/h3,5H,4H2,1-2H3,(H2,7,9). The molecule has 0 saturated carbocycles. The maximum absolute atomic E-state index is 5.36. The highest BCUT2D eigenvalue weighted by atomic mass is 16.5. The molecule has 0 saturated heterocycles. The molecule has 62 valence electrons. The minimum atomic E-state index is 0.113. The zero-order valence-electron chi connectivity index (χ0n) is 6.69. The lowest BCUT2D eigenvalue weighted by molar-refractivity contribution is 0.0958. The zero-order chi connectivity index (χ0) is 8.27. The average molecular weight is 156 g/mol. The molecule has 1 aromatic heterocycles. The lowest BCUT2D eigenvalue weighted by Crippen LogP contribution is -2.16. The fraction of sp³-hybridized carbons (Fsp3) is 0.667. The fourth-order valence-electron chi connectivity index (χ4n) is 0.703. The number of hydrogen-bond acceptors (Lipinski definition) is 4. The maximum atomic E-state index is 5.36. The highest BCUT2D eigenvalue weighted by Crippen LogP contribution is 1.94. The molecule has 11 heavy (non-hydrogen) atoms. The number of hydrogen-bond donors (Lipinski definition) is 1. The quantitative estimate of drug-likeness (QED) is 0.663. The maximum Gasteiger partial charge on any atom is 0.165 e. The van der Waals surface area contributed by atoms with Crippen LogP contribution in [0.15, 0.2) is 6.20 Å². The van der Waals surface area contributed by atoms with Crippen molar-refractivity contribution in [3.05, 3.63) is 6.20 Å². The molecule has 0 bridgehead atoms. The van der Waals surface area contributed by atoms with Crippen LogP contribution >= 0.6 is 0 Å². The van der Waals surface area contributed by atoms with Crippen molar-refractivity contribution in [2.75, 3.05) is 12.8 Å². The molecular weight excluding hydrogens is 144 g/mol. The Morgan fingerprint density at radius 3 is 3.00 bits per heavy atom. The molecule has 0 radical (unpaired) electrons. The predicted molar refractivity (Wildman–Crippen MR) is 40.9 cm³/mol. The van der Waals surface area contributed by atoms with E-state index in [4.69, 9.17) is 10.5 Å². The van der Waals surface area contributed by atoms with Crippen molar-refractivity contribution in [2.24, 2.45) is 0 Å². The first kappa shape index (κ1) is 8.00. The van der Waals surface area contributed by atoms with Gasteiger partial charge in [0.25, 0.3) is 0 Å². The van der Waals surface area contributed by atoms with Crippen LogP contribution in [0.4, 0.5) is 5.82 Å². The van der Waals surface area contributed by atoms with E-state index in [0.717, 1.165) is 0 Å². The second-order valence-electron chi connectivity index (χ2n) is 2.37. The summed E-state index contributed by atoms with van der Waals surface area (Å²) >= 11 is 0. The summed E-state index contributed by atoms with van der Waals surface area (Å²) in [6.45, 7) is 2.58. The number of nitrogens with zero attached hydrogens (tertiary/aromatic N) is 3. The summed E-state index contributed by atoms with van der Waals surface area (Å²) in [5.74, 6) is 0.438. The number of aromatic nitrogens is 3. The molecule has 0 aliphatic carbocycles. The normalized spacial score (nSPS) is 13.3. The molecule has 1 rings (SSSR count). The van der Waals surface area contributed by atoms with E-state index in [1.165, 1.54) is 11.0 Å². The van der Waals surface area contributed by atoms with Crippen LogP contribution in [0.5, 0.6) is 0 Å². The van der Waals surface area contributed by atoms with Crippen molar-refractivity contribution in [1.29, 1.82) is 0 Å². The summed E-state index contributed by atoms with van der Waals surface area (Å²) in [5, 5.41) is 7.81. The van der Waals surface area contributed by atoms with Gasteiger partial charge in [-0.3, -0.25) is 0 Å². The minimum Gasteiger partial charge on any atom is -0.381 e. The van der Waals surface area contributed by atoms with Crippen molar-refractivity contribution in [2.45, 2.75) is 19.6 Å². The van der Waals surface area contributed by atoms with Crippen LogP contribution < -0.4 is 5.73 Å². The van der Waals surface area contributed by atoms with Gasteiger partial charge in [0.15, 0.2) is 5.82 Å². The molecule has 2 N–H and O–H groups in total. The smallest absolute Gasteiger partial charge is 0.165 e. The summed E-state index contributed by atoms with van der Waals surface area (Å²) < 4.78 is 5.02. The summed E-state index contributed by atoms with van der Waals surface area (Å²) in [6.07, 6.45) is 1.63. The molecule has 1 atom stereocenters. The molecule has 0 amide bonds. The third kappa shape index (κ3) is 2.19. The SMILES string of the molecule is COC(C)Cn1ncc(N)n1. The molecule has 0 aliphatic heterocycles. The molecule has 1 aromatic rings. The number of rotatable bonds is 3. The van der Waals surface area contributed by atoms with Gasteiger partial charge < -0.3 is 10.5 Å². The third-order valence-corrected chi connectivity index (χ3v) is 1.38. The largest absolute Gasteiger partial charge is 0.381 e. The van der Waals surface area contributed by atoms with Crippen LogP contribution in [0.2, 0.25) is 0 Å². The molecule has 1 heterocycles. The fourth-order valence-corrected chi connectivity index (χ4v) is 0.703. The second kappa shape index (κ2) is 3.34. The van der Waals surface area contributed by atoms with E-state index >= 15 is 0 Å². The van der Waals surface area contributed by atoms with E-state index < -0.39 is 0 Å². The molecule has 0 fully saturated rings. The van der Waals surface area contributed by atoms with Crippen molar-refractivity contribution < 1.29 is 4.74 Å². The van der Waals surface area contributed by atoms with Gasteiger partial charge >= 0.3 is 0 Å². The Morgan fingerprint density at radius 2 is 2.55 bits per heavy atom. The molecule has 1 unspecified atom stereocenters. The van der Waals surface area contributed by atoms with Crippen LogP contribution in [0.3, 0.4) is 0 Å². The monoisotopic (exact) mass is 156 g/mol. The van der Waals surface area contributed by atoms with Crippen LogP contribution in [-0.4, -0.2) is 28.2 Å². The summed E-state index contributed by atoms with van der Waals surface area (Å²) in [7, 11) is 1.65. The zero-order valence-corrected chi connectivity index (χ0v) is 6.69. The van der Waals surface area contributed by atoms with E-state index in [2.05, 4.69) is 10.2 Å². The van der Waals surface area contributed by atoms with Gasteiger partial charge in [-0.25, -0.2) is 0 Å². The molecule has 0 aromatic carbocycles. The topological polar surface area (TPSA) is 66.0 Å². The highest BCUT2D eigenvalue weighted by molar-refractivity contribution is 5.19. The first-order chi connectivity index (χ1) is 5.22. The van der Waals surface area contributed by atoms with Crippen molar-refractivity contribution in [3.8, 4) is 0 Å². The average Bonchev–Trinajstić information content (AvgIpc) is 2.35. The first-order valence-electron chi connectivity index (χ1n) is 3.40. The summed E-state index contributed by atoms with van der Waals surface area (Å²) in [6, 6.07) is 0. The van der Waals surface area contributed by atoms with E-state index in [1.54, 1.807) is 7.11 Å². The van der Waals surface area contributed by atoms with Gasteiger partial charge in [-0.2, -0.15) is 9.90 Å². The Bertz CT molecular complexity index is 222. The van der Waals surface area contributed by atoms with Gasteiger partial charge in [0, 0.05) is 7.11 Å². The molecule has 5 heteroatoms. The van der Waals surface area contributed by atoms with Crippen LogP contribution in [0.1, 0.15) is 6.92 Å². The van der Waals surface area contributed by atoms with Gasteiger partial charge in [0.2, 0.25) is 0 Å². The van der Waals surface area contributed by atoms with Crippen molar-refractivity contribution in [3.63, 3.8) is 0 Å². The van der Waals surface area contributed by atoms with Gasteiger partial charge in [-0.15, -0.1) is 5.10 Å². The summed E-state index contributed by atoms with van der Waals surface area (Å²) in [4.78, 5) is 1.52. The molecular formula is C6H12N4O. The number of ether oxygens (including phenoxy) is 1. The van der Waals surface area contributed by atoms with E-state index in [1.807, 2.05) is 6.92 Å². The number of nitrogen functional groups attached to an aromatic ring is 1. The second-order valence-corrected chi connectivity index (χ2v) is 2.37. The van der Waals surface area contributed by atoms with Gasteiger partial charge in [-0.05, 0) is 6.92 Å². The molecule has 0 spiro atoms. The van der Waals surface area contributed by atoms with E-state index in [9.17, 15) is 0 Å². The number of nitrogens with two attached hydrogens (primary N) is 1. The van der Waals surface area contributed by atoms with E-state index in [0.29, 0.717) is 12.4 Å². The minimum absolute atomic E-state index is 0.113. The Hall–Kier alpha value is -1.10. The Labute approximate surface area is 65.1 Å². The van der Waals surface area contributed by atoms with Crippen LogP contribution in [-0.2, 0) is 11.3 Å². The van der Waals surface area contributed by atoms with Gasteiger partial charge in [0.05, 0.1) is 18.8 Å². The predicted octanol–water partition coefficient (Wildman–Crippen LogP) is -0.105. The number of methoxy groups -OCH3 is 1. The highest BCUT2D eigenvalue weighted by Gasteiger charge is 2.02. The molecule has 5 nitrogen and oxygen atoms in total. The van der Waals surface area contributed by atoms with Crippen LogP contribution in [0, 0.1) is 0 Å². The Balaban J connectivity index is 2.50. The van der Waals surface area contributed by atoms with E-state index in [-0.39, 0.29) is 6.10 Å².